The quantitative estimate of drug-likeness (QED) is 0.539. The van der Waals surface area contributed by atoms with Crippen molar-refractivity contribution in [3.05, 3.63) is 58.4 Å². The van der Waals surface area contributed by atoms with E-state index in [1.807, 2.05) is 18.2 Å². The minimum atomic E-state index is -0.513. The Morgan fingerprint density at radius 3 is 2.48 bits per heavy atom. The molecule has 6 heteroatoms. The molecule has 0 heterocycles. The zero-order chi connectivity index (χ0) is 17.6. The van der Waals surface area contributed by atoms with E-state index in [0.717, 1.165) is 12.8 Å². The van der Waals surface area contributed by atoms with Crippen molar-refractivity contribution in [2.24, 2.45) is 5.92 Å². The maximum atomic E-state index is 14.4. The van der Waals surface area contributed by atoms with Gasteiger partial charge in [0.15, 0.2) is 0 Å². The van der Waals surface area contributed by atoms with Gasteiger partial charge in [-0.15, -0.1) is 0 Å². The Kier molecular flexibility index (Phi) is 5.48. The maximum Gasteiger partial charge on any atom is 0.294 e. The third-order valence-electron chi connectivity index (χ3n) is 4.64. The number of hydrogen-bond acceptors (Lipinski definition) is 4. The highest BCUT2D eigenvalue weighted by atomic mass is 19.1. The van der Waals surface area contributed by atoms with E-state index >= 15 is 0 Å². The summed E-state index contributed by atoms with van der Waals surface area (Å²) < 4.78 is 14.4. The van der Waals surface area contributed by atoms with Gasteiger partial charge in [0.1, 0.15) is 11.5 Å². The van der Waals surface area contributed by atoms with Crippen molar-refractivity contribution in [2.45, 2.75) is 32.1 Å². The lowest BCUT2D eigenvalue weighted by molar-refractivity contribution is -0.383. The number of rotatable bonds is 6. The number of nitrogens with zero attached hydrogens (tertiary/aromatic N) is 1. The Hall–Kier alpha value is -2.63. The van der Waals surface area contributed by atoms with Crippen molar-refractivity contribution in [2.75, 3.05) is 17.2 Å². The van der Waals surface area contributed by atoms with E-state index in [-0.39, 0.29) is 17.1 Å². The Morgan fingerprint density at radius 2 is 1.80 bits per heavy atom. The zero-order valence-corrected chi connectivity index (χ0v) is 14.0. The monoisotopic (exact) mass is 343 g/mol. The molecule has 0 aromatic heterocycles. The molecule has 5 nitrogen and oxygen atoms in total. The van der Waals surface area contributed by atoms with Gasteiger partial charge in [-0.2, -0.15) is 0 Å². The number of nitro groups is 1. The van der Waals surface area contributed by atoms with Gasteiger partial charge < -0.3 is 10.6 Å². The molecule has 2 N–H and O–H groups in total. The van der Waals surface area contributed by atoms with Crippen LogP contribution < -0.4 is 10.6 Å². The van der Waals surface area contributed by atoms with Gasteiger partial charge in [-0.05, 0) is 30.9 Å². The molecule has 2 aromatic carbocycles. The van der Waals surface area contributed by atoms with Crippen LogP contribution in [0, 0.1) is 21.8 Å². The van der Waals surface area contributed by atoms with Crippen LogP contribution in [-0.4, -0.2) is 11.5 Å². The fourth-order valence-corrected chi connectivity index (χ4v) is 3.27. The molecule has 2 aromatic rings. The molecule has 0 spiro atoms. The van der Waals surface area contributed by atoms with Crippen molar-refractivity contribution in [1.29, 1.82) is 0 Å². The van der Waals surface area contributed by atoms with Gasteiger partial charge in [0, 0.05) is 24.4 Å². The Labute approximate surface area is 146 Å². The van der Waals surface area contributed by atoms with Crippen LogP contribution in [0.5, 0.6) is 0 Å². The molecule has 0 atom stereocenters. The van der Waals surface area contributed by atoms with Crippen LogP contribution >= 0.6 is 0 Å². The van der Waals surface area contributed by atoms with Crippen molar-refractivity contribution in [1.82, 2.24) is 0 Å². The number of anilines is 3. The molecule has 3 rings (SSSR count). The van der Waals surface area contributed by atoms with E-state index in [1.54, 1.807) is 12.1 Å². The summed E-state index contributed by atoms with van der Waals surface area (Å²) in [6.45, 7) is 0.645. The smallest absolute Gasteiger partial charge is 0.294 e. The molecular formula is C19H22FN3O2. The summed E-state index contributed by atoms with van der Waals surface area (Å²) >= 11 is 0. The summed E-state index contributed by atoms with van der Waals surface area (Å²) in [5.41, 5.74) is 0.905. The van der Waals surface area contributed by atoms with E-state index in [1.165, 1.54) is 31.4 Å². The molecule has 0 aliphatic heterocycles. The number of halogens is 1. The largest absolute Gasteiger partial charge is 0.379 e. The van der Waals surface area contributed by atoms with E-state index in [9.17, 15) is 14.5 Å². The van der Waals surface area contributed by atoms with Crippen LogP contribution in [-0.2, 0) is 0 Å². The molecule has 0 bridgehead atoms. The van der Waals surface area contributed by atoms with Gasteiger partial charge in [-0.25, -0.2) is 4.39 Å². The highest BCUT2D eigenvalue weighted by Gasteiger charge is 2.20. The number of hydrogen-bond donors (Lipinski definition) is 2. The first-order valence-corrected chi connectivity index (χ1v) is 8.67. The highest BCUT2D eigenvalue weighted by Crippen LogP contribution is 2.33. The SMILES string of the molecule is O=[N+]([O-])c1cc(Nc2ccccc2)c(F)cc1NCC1CCCCC1. The molecule has 25 heavy (non-hydrogen) atoms. The van der Waals surface area contributed by atoms with Gasteiger partial charge in [0.2, 0.25) is 0 Å². The van der Waals surface area contributed by atoms with Crippen LogP contribution in [0.4, 0.5) is 27.1 Å². The fraction of sp³-hybridized carbons (Fsp3) is 0.368. The lowest BCUT2D eigenvalue weighted by Gasteiger charge is -2.22. The van der Waals surface area contributed by atoms with Crippen LogP contribution in [0.25, 0.3) is 0 Å². The summed E-state index contributed by atoms with van der Waals surface area (Å²) in [4.78, 5) is 10.9. The van der Waals surface area contributed by atoms with Crippen molar-refractivity contribution >= 4 is 22.7 Å². The molecule has 0 saturated heterocycles. The third kappa shape index (κ3) is 4.47. The Bertz CT molecular complexity index is 731. The van der Waals surface area contributed by atoms with Crippen molar-refractivity contribution in [3.63, 3.8) is 0 Å². The predicted octanol–water partition coefficient (Wildman–Crippen LogP) is 5.47. The second-order valence-electron chi connectivity index (χ2n) is 6.48. The van der Waals surface area contributed by atoms with E-state index in [0.29, 0.717) is 18.2 Å². The molecule has 1 aliphatic carbocycles. The third-order valence-corrected chi connectivity index (χ3v) is 4.64. The van der Waals surface area contributed by atoms with Crippen LogP contribution in [0.15, 0.2) is 42.5 Å². The van der Waals surface area contributed by atoms with Gasteiger partial charge >= 0.3 is 0 Å². The van der Waals surface area contributed by atoms with Crippen LogP contribution in [0.3, 0.4) is 0 Å². The number of para-hydroxylation sites is 1. The maximum absolute atomic E-state index is 14.4. The molecular weight excluding hydrogens is 321 g/mol. The van der Waals surface area contributed by atoms with Gasteiger partial charge in [0.05, 0.1) is 10.6 Å². The minimum absolute atomic E-state index is 0.0983. The fourth-order valence-electron chi connectivity index (χ4n) is 3.27. The molecule has 1 saturated carbocycles. The number of nitrogens with one attached hydrogen (secondary N) is 2. The average molecular weight is 343 g/mol. The lowest BCUT2D eigenvalue weighted by atomic mass is 9.89. The van der Waals surface area contributed by atoms with E-state index in [2.05, 4.69) is 10.6 Å². The summed E-state index contributed by atoms with van der Waals surface area (Å²) in [7, 11) is 0. The molecule has 0 unspecified atom stereocenters. The minimum Gasteiger partial charge on any atom is -0.379 e. The first-order valence-electron chi connectivity index (χ1n) is 8.67. The summed E-state index contributed by atoms with van der Waals surface area (Å²) in [5, 5.41) is 17.4. The molecule has 0 radical (unpaired) electrons. The number of benzene rings is 2. The van der Waals surface area contributed by atoms with Crippen LogP contribution in [0.1, 0.15) is 32.1 Å². The normalized spacial score (nSPS) is 14.9. The standard InChI is InChI=1S/C19H22FN3O2/c20-16-11-18(21-13-14-7-3-1-4-8-14)19(23(24)25)12-17(16)22-15-9-5-2-6-10-15/h2,5-6,9-12,14,21-22H,1,3-4,7-8,13H2. The second kappa shape index (κ2) is 7.96. The summed E-state index contributed by atoms with van der Waals surface area (Å²) in [5.74, 6) is -0.0147. The van der Waals surface area contributed by atoms with Gasteiger partial charge in [-0.3, -0.25) is 10.1 Å². The molecule has 0 amide bonds. The molecule has 1 fully saturated rings. The molecule has 132 valence electrons. The van der Waals surface area contributed by atoms with E-state index in [4.69, 9.17) is 0 Å². The second-order valence-corrected chi connectivity index (χ2v) is 6.48. The Balaban J connectivity index is 1.78. The van der Waals surface area contributed by atoms with E-state index < -0.39 is 10.7 Å². The Morgan fingerprint density at radius 1 is 1.08 bits per heavy atom. The first-order chi connectivity index (χ1) is 12.1. The highest BCUT2D eigenvalue weighted by molar-refractivity contribution is 5.71. The zero-order valence-electron chi connectivity index (χ0n) is 14.0. The van der Waals surface area contributed by atoms with Gasteiger partial charge in [0.25, 0.3) is 5.69 Å². The first kappa shape index (κ1) is 17.2. The summed E-state index contributed by atoms with van der Waals surface area (Å²) in [6, 6.07) is 11.5. The molecule has 1 aliphatic rings. The topological polar surface area (TPSA) is 67.2 Å². The average Bonchev–Trinajstić information content (AvgIpc) is 2.63. The summed E-state index contributed by atoms with van der Waals surface area (Å²) in [6.07, 6.45) is 5.89. The lowest BCUT2D eigenvalue weighted by Crippen LogP contribution is -2.17. The number of nitro benzene ring substituents is 1. The predicted molar refractivity (Wildman–Crippen MR) is 97.8 cm³/mol. The van der Waals surface area contributed by atoms with Crippen molar-refractivity contribution in [3.8, 4) is 0 Å². The van der Waals surface area contributed by atoms with Crippen molar-refractivity contribution < 1.29 is 9.31 Å². The van der Waals surface area contributed by atoms with Crippen LogP contribution in [0.2, 0.25) is 0 Å². The van der Waals surface area contributed by atoms with Gasteiger partial charge in [-0.1, -0.05) is 37.5 Å².